The molecule has 2 heterocycles. The van der Waals surface area contributed by atoms with Gasteiger partial charge in [0.2, 0.25) is 5.91 Å². The molecule has 2 aliphatic rings. The van der Waals surface area contributed by atoms with Gasteiger partial charge in [-0.25, -0.2) is 4.90 Å². The molecule has 0 spiro atoms. The Balaban J connectivity index is 1.46. The van der Waals surface area contributed by atoms with Crippen LogP contribution in [0.15, 0.2) is 52.8 Å². The topological polar surface area (TPSA) is 122 Å². The molecule has 11 nitrogen and oxygen atoms in total. The van der Waals surface area contributed by atoms with E-state index in [0.29, 0.717) is 35.2 Å². The van der Waals surface area contributed by atoms with Crippen molar-refractivity contribution in [1.29, 1.82) is 0 Å². The maximum Gasteiger partial charge on any atom is 0.263 e. The molecule has 4 rings (SSSR count). The molecule has 172 valence electrons. The van der Waals surface area contributed by atoms with E-state index >= 15 is 0 Å². The van der Waals surface area contributed by atoms with Gasteiger partial charge in [0, 0.05) is 6.07 Å². The first-order chi connectivity index (χ1) is 16.0. The van der Waals surface area contributed by atoms with Gasteiger partial charge in [0.15, 0.2) is 12.1 Å². The Morgan fingerprint density at radius 2 is 1.76 bits per heavy atom. The highest BCUT2D eigenvalue weighted by Gasteiger charge is 2.55. The van der Waals surface area contributed by atoms with Crippen LogP contribution >= 0.6 is 0 Å². The van der Waals surface area contributed by atoms with Crippen LogP contribution in [0.3, 0.4) is 0 Å². The summed E-state index contributed by atoms with van der Waals surface area (Å²) in [6.45, 7) is 2.10. The fraction of sp³-hybridized carbons (Fsp3) is 0.318. The van der Waals surface area contributed by atoms with Crippen LogP contribution in [-0.2, 0) is 14.4 Å². The normalized spacial score (nSPS) is 19.0. The van der Waals surface area contributed by atoms with Crippen LogP contribution in [0, 0.1) is 0 Å². The van der Waals surface area contributed by atoms with Gasteiger partial charge >= 0.3 is 0 Å². The molecule has 3 amide bonds. The summed E-state index contributed by atoms with van der Waals surface area (Å²) in [4.78, 5) is 39.6. The van der Waals surface area contributed by atoms with Crippen molar-refractivity contribution in [3.05, 3.63) is 42.5 Å². The zero-order chi connectivity index (χ0) is 23.5. The smallest absolute Gasteiger partial charge is 0.263 e. The third kappa shape index (κ3) is 4.16. The lowest BCUT2D eigenvalue weighted by Crippen LogP contribution is -2.43. The average Bonchev–Trinajstić information content (AvgIpc) is 3.34. The molecule has 0 bridgehead atoms. The molecule has 11 heteroatoms. The van der Waals surface area contributed by atoms with E-state index in [9.17, 15) is 14.4 Å². The number of imide groups is 1. The predicted molar refractivity (Wildman–Crippen MR) is 117 cm³/mol. The molecule has 2 atom stereocenters. The molecule has 0 radical (unpaired) electrons. The first-order valence-corrected chi connectivity index (χ1v) is 10.3. The van der Waals surface area contributed by atoms with E-state index in [1.54, 1.807) is 42.5 Å². The minimum Gasteiger partial charge on any atom is -0.497 e. The highest BCUT2D eigenvalue weighted by atomic mass is 16.5. The Hall–Kier alpha value is -4.15. The van der Waals surface area contributed by atoms with Gasteiger partial charge in [-0.2, -0.15) is 5.11 Å². The van der Waals surface area contributed by atoms with E-state index in [-0.39, 0.29) is 6.54 Å². The van der Waals surface area contributed by atoms with Gasteiger partial charge in [0.1, 0.15) is 23.8 Å². The highest BCUT2D eigenvalue weighted by Crippen LogP contribution is 2.33. The second kappa shape index (κ2) is 9.15. The fourth-order valence-corrected chi connectivity index (χ4v) is 3.71. The number of anilines is 2. The number of methoxy groups -OCH3 is 2. The van der Waals surface area contributed by atoms with Crippen molar-refractivity contribution in [3.8, 4) is 17.2 Å². The third-order valence-electron chi connectivity index (χ3n) is 5.25. The van der Waals surface area contributed by atoms with Crippen LogP contribution in [0.25, 0.3) is 0 Å². The zero-order valence-electron chi connectivity index (χ0n) is 18.3. The molecule has 2 aliphatic heterocycles. The van der Waals surface area contributed by atoms with Crippen LogP contribution in [0.2, 0.25) is 0 Å². The van der Waals surface area contributed by atoms with Crippen molar-refractivity contribution in [2.45, 2.75) is 19.0 Å². The molecule has 1 fully saturated rings. The predicted octanol–water partition coefficient (Wildman–Crippen LogP) is 2.03. The van der Waals surface area contributed by atoms with Gasteiger partial charge in [0.05, 0.1) is 32.2 Å². The lowest BCUT2D eigenvalue weighted by Gasteiger charge is -2.20. The number of fused-ring (bicyclic) bond motifs is 1. The molecular weight excluding hydrogens is 430 g/mol. The van der Waals surface area contributed by atoms with Crippen molar-refractivity contribution in [2.24, 2.45) is 10.3 Å². The van der Waals surface area contributed by atoms with Gasteiger partial charge in [-0.15, -0.1) is 0 Å². The summed E-state index contributed by atoms with van der Waals surface area (Å²) in [6, 6.07) is 9.61. The van der Waals surface area contributed by atoms with Crippen LogP contribution in [0.5, 0.6) is 17.2 Å². The summed E-state index contributed by atoms with van der Waals surface area (Å²) in [5.74, 6) is 0.194. The number of hydrogen-bond acceptors (Lipinski definition) is 9. The van der Waals surface area contributed by atoms with Crippen LogP contribution in [-0.4, -0.2) is 62.2 Å². The summed E-state index contributed by atoms with van der Waals surface area (Å²) in [5, 5.41) is 11.8. The third-order valence-corrected chi connectivity index (χ3v) is 5.25. The van der Waals surface area contributed by atoms with Gasteiger partial charge in [-0.3, -0.25) is 19.4 Å². The molecule has 2 aromatic carbocycles. The van der Waals surface area contributed by atoms with Crippen LogP contribution < -0.4 is 24.4 Å². The Morgan fingerprint density at radius 1 is 1.03 bits per heavy atom. The lowest BCUT2D eigenvalue weighted by atomic mass is 10.1. The number of amides is 3. The minimum absolute atomic E-state index is 0.268. The zero-order valence-corrected chi connectivity index (χ0v) is 18.3. The Morgan fingerprint density at radius 3 is 2.42 bits per heavy atom. The van der Waals surface area contributed by atoms with E-state index < -0.39 is 29.8 Å². The van der Waals surface area contributed by atoms with E-state index in [1.807, 2.05) is 6.92 Å². The molecule has 0 aromatic heterocycles. The number of nitrogens with zero attached hydrogens (tertiary/aromatic N) is 4. The maximum atomic E-state index is 13.1. The van der Waals surface area contributed by atoms with E-state index in [2.05, 4.69) is 15.7 Å². The van der Waals surface area contributed by atoms with Crippen LogP contribution in [0.4, 0.5) is 11.4 Å². The Bertz CT molecular complexity index is 1100. The molecule has 1 saturated heterocycles. The van der Waals surface area contributed by atoms with Crippen molar-refractivity contribution < 1.29 is 28.6 Å². The summed E-state index contributed by atoms with van der Waals surface area (Å²) >= 11 is 0. The molecular formula is C22H23N5O6. The Kier molecular flexibility index (Phi) is 6.11. The lowest BCUT2D eigenvalue weighted by molar-refractivity contribution is -0.123. The summed E-state index contributed by atoms with van der Waals surface area (Å²) < 4.78 is 15.8. The number of carbonyl (C=O) groups is 3. The van der Waals surface area contributed by atoms with Crippen LogP contribution in [0.1, 0.15) is 6.92 Å². The number of carbonyl (C=O) groups excluding carboxylic acids is 3. The van der Waals surface area contributed by atoms with Crippen molar-refractivity contribution >= 4 is 29.1 Å². The van der Waals surface area contributed by atoms with Gasteiger partial charge < -0.3 is 19.5 Å². The van der Waals surface area contributed by atoms with Gasteiger partial charge in [-0.1, -0.05) is 5.22 Å². The van der Waals surface area contributed by atoms with E-state index in [1.165, 1.54) is 19.2 Å². The molecule has 2 aromatic rings. The van der Waals surface area contributed by atoms with E-state index in [4.69, 9.17) is 14.2 Å². The van der Waals surface area contributed by atoms with Crippen molar-refractivity contribution in [1.82, 2.24) is 5.01 Å². The van der Waals surface area contributed by atoms with E-state index in [0.717, 1.165) is 4.90 Å². The highest BCUT2D eigenvalue weighted by molar-refractivity contribution is 6.25. The Labute approximate surface area is 189 Å². The number of rotatable bonds is 8. The molecule has 33 heavy (non-hydrogen) atoms. The summed E-state index contributed by atoms with van der Waals surface area (Å²) in [5.41, 5.74) is 0.839. The number of nitrogens with one attached hydrogen (secondary N) is 1. The first-order valence-electron chi connectivity index (χ1n) is 10.3. The molecule has 1 N–H and O–H groups in total. The second-order valence-electron chi connectivity index (χ2n) is 7.25. The summed E-state index contributed by atoms with van der Waals surface area (Å²) in [7, 11) is 3.00. The molecule has 0 saturated carbocycles. The minimum atomic E-state index is -0.993. The SMILES string of the molecule is CCOc1ccc(N2C(=O)[C@@H]3N=NN(CC(=O)Nc4ccc(OC)cc4OC)[C@H]3C2=O)cc1. The number of hydrogen-bond donors (Lipinski definition) is 1. The first kappa shape index (κ1) is 22.1. The maximum absolute atomic E-state index is 13.1. The number of benzene rings is 2. The monoisotopic (exact) mass is 453 g/mol. The second-order valence-corrected chi connectivity index (χ2v) is 7.25. The molecule has 0 aliphatic carbocycles. The fourth-order valence-electron chi connectivity index (χ4n) is 3.71. The van der Waals surface area contributed by atoms with Crippen molar-refractivity contribution in [3.63, 3.8) is 0 Å². The van der Waals surface area contributed by atoms with Gasteiger partial charge in [-0.05, 0) is 43.3 Å². The largest absolute Gasteiger partial charge is 0.497 e. The summed E-state index contributed by atoms with van der Waals surface area (Å²) in [6.07, 6.45) is 0. The van der Waals surface area contributed by atoms with Gasteiger partial charge in [0.25, 0.3) is 11.8 Å². The molecule has 0 unspecified atom stereocenters. The average molecular weight is 453 g/mol. The number of ether oxygens (including phenoxy) is 3. The standard InChI is InChI=1S/C22H23N5O6/c1-4-33-14-7-5-13(6-8-14)27-21(29)19-20(22(27)30)26(25-24-19)12-18(28)23-16-10-9-15(31-2)11-17(16)32-3/h5-11,19-20H,4,12H2,1-3H3,(H,23,28)/t19-,20-/m1/s1. The quantitative estimate of drug-likeness (QED) is 0.607. The van der Waals surface area contributed by atoms with Crippen molar-refractivity contribution in [2.75, 3.05) is 37.6 Å².